The topological polar surface area (TPSA) is 54.5 Å². The molecular weight excluding hydrogens is 246 g/mol. The number of carbonyl (C=O) groups is 3. The van der Waals surface area contributed by atoms with E-state index in [0.29, 0.717) is 12.0 Å². The number of thioether (sulfide) groups is 1. The minimum Gasteiger partial charge on any atom is -0.276 e. The standard InChI is InChI=1S/C10H8NO3S2/c12-8(7-2-5-15-6-7)11-3-1-4-16-10(14)9(11)13/h2,4-6H,1,3H2. The number of nitrogens with zero attached hydrogens (tertiary/aromatic N) is 1. The summed E-state index contributed by atoms with van der Waals surface area (Å²) in [5.41, 5.74) is 0.457. The molecule has 0 spiro atoms. The van der Waals surface area contributed by atoms with Gasteiger partial charge in [0.2, 0.25) is 0 Å². The van der Waals surface area contributed by atoms with Crippen LogP contribution in [0.5, 0.6) is 0 Å². The van der Waals surface area contributed by atoms with Crippen molar-refractivity contribution in [1.82, 2.24) is 4.90 Å². The summed E-state index contributed by atoms with van der Waals surface area (Å²) in [5.74, 6) is 0.534. The van der Waals surface area contributed by atoms with Gasteiger partial charge in [0.25, 0.3) is 11.0 Å². The zero-order valence-electron chi connectivity index (χ0n) is 8.21. The predicted molar refractivity (Wildman–Crippen MR) is 61.9 cm³/mol. The maximum atomic E-state index is 11.9. The minimum absolute atomic E-state index is 0.270. The second-order valence-electron chi connectivity index (χ2n) is 3.13. The van der Waals surface area contributed by atoms with Gasteiger partial charge in [0.15, 0.2) is 0 Å². The van der Waals surface area contributed by atoms with Crippen molar-refractivity contribution in [1.29, 1.82) is 0 Å². The van der Waals surface area contributed by atoms with E-state index in [2.05, 4.69) is 0 Å². The highest BCUT2D eigenvalue weighted by molar-refractivity contribution is 8.17. The molecule has 4 nitrogen and oxygen atoms in total. The van der Waals surface area contributed by atoms with E-state index in [-0.39, 0.29) is 6.54 Å². The van der Waals surface area contributed by atoms with Crippen LogP contribution in [0.3, 0.4) is 0 Å². The van der Waals surface area contributed by atoms with Gasteiger partial charge in [-0.05, 0) is 17.9 Å². The molecule has 6 heteroatoms. The van der Waals surface area contributed by atoms with Gasteiger partial charge in [-0.25, -0.2) is 0 Å². The molecule has 0 bridgehead atoms. The van der Waals surface area contributed by atoms with E-state index in [0.717, 1.165) is 16.7 Å². The van der Waals surface area contributed by atoms with Crippen LogP contribution in [0, 0.1) is 5.75 Å². The molecule has 1 radical (unpaired) electrons. The van der Waals surface area contributed by atoms with E-state index in [4.69, 9.17) is 0 Å². The molecule has 0 saturated carbocycles. The zero-order valence-corrected chi connectivity index (χ0v) is 9.85. The smallest absolute Gasteiger partial charge is 0.276 e. The third-order valence-electron chi connectivity index (χ3n) is 2.09. The lowest BCUT2D eigenvalue weighted by atomic mass is 10.2. The molecule has 1 fully saturated rings. The fraction of sp³-hybridized carbons (Fsp3) is 0.200. The second-order valence-corrected chi connectivity index (χ2v) is 4.85. The van der Waals surface area contributed by atoms with Crippen LogP contribution in [0.2, 0.25) is 0 Å². The highest BCUT2D eigenvalue weighted by Crippen LogP contribution is 2.19. The van der Waals surface area contributed by atoms with Crippen molar-refractivity contribution in [3.63, 3.8) is 0 Å². The van der Waals surface area contributed by atoms with Gasteiger partial charge >= 0.3 is 5.91 Å². The van der Waals surface area contributed by atoms with Crippen molar-refractivity contribution >= 4 is 40.0 Å². The quantitative estimate of drug-likeness (QED) is 0.563. The number of hydrogen-bond acceptors (Lipinski definition) is 5. The summed E-state index contributed by atoms with van der Waals surface area (Å²) in [4.78, 5) is 35.8. The zero-order chi connectivity index (χ0) is 11.5. The molecule has 0 aromatic carbocycles. The molecule has 1 aliphatic rings. The van der Waals surface area contributed by atoms with Gasteiger partial charge in [-0.1, -0.05) is 11.8 Å². The van der Waals surface area contributed by atoms with Crippen LogP contribution in [0.25, 0.3) is 0 Å². The van der Waals surface area contributed by atoms with Gasteiger partial charge < -0.3 is 0 Å². The first-order chi connectivity index (χ1) is 7.70. The Morgan fingerprint density at radius 3 is 2.88 bits per heavy atom. The van der Waals surface area contributed by atoms with Crippen LogP contribution in [0.15, 0.2) is 16.8 Å². The number of rotatable bonds is 1. The average Bonchev–Trinajstić information content (AvgIpc) is 2.75. The molecule has 0 aliphatic carbocycles. The van der Waals surface area contributed by atoms with Crippen LogP contribution < -0.4 is 0 Å². The monoisotopic (exact) mass is 254 g/mol. The fourth-order valence-electron chi connectivity index (χ4n) is 1.31. The Morgan fingerprint density at radius 1 is 1.38 bits per heavy atom. The number of thiophene rings is 1. The normalized spacial score (nSPS) is 17.4. The van der Waals surface area contributed by atoms with Crippen molar-refractivity contribution in [3.8, 4) is 0 Å². The van der Waals surface area contributed by atoms with E-state index in [1.807, 2.05) is 0 Å². The third kappa shape index (κ3) is 2.17. The summed E-state index contributed by atoms with van der Waals surface area (Å²) in [6.45, 7) is 0.270. The molecule has 16 heavy (non-hydrogen) atoms. The summed E-state index contributed by atoms with van der Waals surface area (Å²) >= 11 is 2.24. The van der Waals surface area contributed by atoms with Crippen LogP contribution in [-0.2, 0) is 9.59 Å². The SMILES string of the molecule is O=C1S[CH]CCN(C(=O)c2ccsc2)C1=O. The molecule has 0 unspecified atom stereocenters. The molecule has 2 heterocycles. The lowest BCUT2D eigenvalue weighted by Gasteiger charge is -2.16. The van der Waals surface area contributed by atoms with Crippen molar-refractivity contribution in [3.05, 3.63) is 28.1 Å². The summed E-state index contributed by atoms with van der Waals surface area (Å²) in [5, 5.41) is 2.83. The molecule has 2 rings (SSSR count). The average molecular weight is 254 g/mol. The van der Waals surface area contributed by atoms with Crippen LogP contribution in [0.1, 0.15) is 16.8 Å². The lowest BCUT2D eigenvalue weighted by molar-refractivity contribution is -0.138. The van der Waals surface area contributed by atoms with Crippen LogP contribution in [-0.4, -0.2) is 28.4 Å². The van der Waals surface area contributed by atoms with Gasteiger partial charge in [-0.2, -0.15) is 11.3 Å². The summed E-state index contributed by atoms with van der Waals surface area (Å²) in [6, 6.07) is 1.65. The Balaban J connectivity index is 2.22. The molecular formula is C10H8NO3S2. The van der Waals surface area contributed by atoms with Crippen molar-refractivity contribution < 1.29 is 14.4 Å². The first-order valence-electron chi connectivity index (χ1n) is 4.61. The minimum atomic E-state index is -0.727. The maximum absolute atomic E-state index is 11.9. The second kappa shape index (κ2) is 4.80. The molecule has 2 amide bonds. The maximum Gasteiger partial charge on any atom is 0.308 e. The number of carbonyl (C=O) groups excluding carboxylic acids is 3. The Kier molecular flexibility index (Phi) is 3.40. The van der Waals surface area contributed by atoms with E-state index < -0.39 is 16.9 Å². The molecule has 0 N–H and O–H groups in total. The molecule has 83 valence electrons. The molecule has 1 aromatic rings. The highest BCUT2D eigenvalue weighted by atomic mass is 32.2. The lowest BCUT2D eigenvalue weighted by Crippen LogP contribution is -2.39. The fourth-order valence-corrected chi connectivity index (χ4v) is 2.53. The van der Waals surface area contributed by atoms with Crippen molar-refractivity contribution in [2.24, 2.45) is 0 Å². The van der Waals surface area contributed by atoms with Crippen LogP contribution in [0.4, 0.5) is 0 Å². The van der Waals surface area contributed by atoms with Crippen molar-refractivity contribution in [2.75, 3.05) is 6.54 Å². The Labute approximate surface area is 101 Å². The molecule has 1 saturated heterocycles. The van der Waals surface area contributed by atoms with Gasteiger partial charge in [-0.3, -0.25) is 19.3 Å². The number of hydrogen-bond donors (Lipinski definition) is 0. The van der Waals surface area contributed by atoms with Gasteiger partial charge in [0.1, 0.15) is 0 Å². The summed E-state index contributed by atoms with van der Waals surface area (Å²) in [6.07, 6.45) is 0.540. The van der Waals surface area contributed by atoms with E-state index in [1.54, 1.807) is 22.6 Å². The van der Waals surface area contributed by atoms with Crippen LogP contribution >= 0.6 is 23.1 Å². The number of amides is 2. The van der Waals surface area contributed by atoms with Gasteiger partial charge in [-0.15, -0.1) is 0 Å². The number of imide groups is 1. The van der Waals surface area contributed by atoms with E-state index in [9.17, 15) is 14.4 Å². The van der Waals surface area contributed by atoms with Gasteiger partial charge in [0, 0.05) is 17.7 Å². The highest BCUT2D eigenvalue weighted by Gasteiger charge is 2.30. The first-order valence-corrected chi connectivity index (χ1v) is 6.43. The summed E-state index contributed by atoms with van der Waals surface area (Å²) in [7, 11) is 0. The Hall–Kier alpha value is -1.14. The predicted octanol–water partition coefficient (Wildman–Crippen LogP) is 1.54. The summed E-state index contributed by atoms with van der Waals surface area (Å²) < 4.78 is 0. The van der Waals surface area contributed by atoms with Gasteiger partial charge in [0.05, 0.1) is 5.56 Å². The molecule has 1 aliphatic heterocycles. The molecule has 0 atom stereocenters. The third-order valence-corrected chi connectivity index (χ3v) is 3.57. The molecule has 1 aromatic heterocycles. The largest absolute Gasteiger partial charge is 0.308 e. The van der Waals surface area contributed by atoms with Crippen molar-refractivity contribution in [2.45, 2.75) is 6.42 Å². The van der Waals surface area contributed by atoms with E-state index in [1.165, 1.54) is 11.3 Å². The van der Waals surface area contributed by atoms with E-state index >= 15 is 0 Å². The Bertz CT molecular complexity index is 427. The Morgan fingerprint density at radius 2 is 2.19 bits per heavy atom. The first kappa shape index (κ1) is 11.3.